The second kappa shape index (κ2) is 4.26. The average Bonchev–Trinajstić information content (AvgIpc) is 2.14. The lowest BCUT2D eigenvalue weighted by Gasteiger charge is -2.07. The van der Waals surface area contributed by atoms with Gasteiger partial charge in [-0.2, -0.15) is 0 Å². The minimum Gasteiger partial charge on any atom is -0.305 e. The van der Waals surface area contributed by atoms with E-state index in [2.05, 4.69) is 5.32 Å². The Morgan fingerprint density at radius 1 is 1.57 bits per heavy atom. The molecular weight excluding hydrogens is 209 g/mol. The Balaban J connectivity index is 2.98. The number of amides is 2. The molecule has 0 spiro atoms. The van der Waals surface area contributed by atoms with E-state index < -0.39 is 11.8 Å². The minimum atomic E-state index is -0.613. The largest absolute Gasteiger partial charge is 0.333 e. The van der Waals surface area contributed by atoms with Crippen molar-refractivity contribution >= 4 is 23.3 Å². The number of carbonyl (C=O) groups excluding carboxylic acids is 1. The maximum atomic E-state index is 12.9. The van der Waals surface area contributed by atoms with Gasteiger partial charge in [0.2, 0.25) is 0 Å². The van der Waals surface area contributed by atoms with Crippen LogP contribution in [0.2, 0.25) is 5.02 Å². The summed E-state index contributed by atoms with van der Waals surface area (Å²) in [6.07, 6.45) is 0. The zero-order valence-corrected chi connectivity index (χ0v) is 8.15. The standard InChI is InChI=1S/C8H9ClFN3O/c1-4-2-7(12-8(14)13-11)5(9)3-6(4)10/h2-3H,11H2,1H3,(H2,12,13,14). The number of carbonyl (C=O) groups is 1. The number of aryl methyl sites for hydroxylation is 1. The van der Waals surface area contributed by atoms with E-state index in [4.69, 9.17) is 17.4 Å². The number of hydrogen-bond donors (Lipinski definition) is 3. The van der Waals surface area contributed by atoms with E-state index in [0.717, 1.165) is 6.07 Å². The average molecular weight is 218 g/mol. The van der Waals surface area contributed by atoms with Gasteiger partial charge >= 0.3 is 6.03 Å². The predicted octanol–water partition coefficient (Wildman–Crippen LogP) is 1.78. The highest BCUT2D eigenvalue weighted by atomic mass is 35.5. The van der Waals surface area contributed by atoms with Crippen LogP contribution in [0, 0.1) is 12.7 Å². The first-order valence-electron chi connectivity index (χ1n) is 3.78. The van der Waals surface area contributed by atoms with Crippen molar-refractivity contribution in [2.24, 2.45) is 5.84 Å². The molecule has 0 bridgehead atoms. The van der Waals surface area contributed by atoms with Crippen LogP contribution in [0.5, 0.6) is 0 Å². The van der Waals surface area contributed by atoms with E-state index in [0.29, 0.717) is 11.3 Å². The van der Waals surface area contributed by atoms with E-state index >= 15 is 0 Å². The molecule has 1 rings (SSSR count). The zero-order valence-electron chi connectivity index (χ0n) is 7.40. The third-order valence-electron chi connectivity index (χ3n) is 1.63. The number of anilines is 1. The van der Waals surface area contributed by atoms with Crippen LogP contribution >= 0.6 is 11.6 Å². The predicted molar refractivity (Wildman–Crippen MR) is 52.5 cm³/mol. The van der Waals surface area contributed by atoms with Crippen LogP contribution in [0.4, 0.5) is 14.9 Å². The van der Waals surface area contributed by atoms with Gasteiger partial charge in [0.25, 0.3) is 0 Å². The highest BCUT2D eigenvalue weighted by Crippen LogP contribution is 2.24. The summed E-state index contributed by atoms with van der Waals surface area (Å²) in [4.78, 5) is 10.8. The molecule has 0 aromatic heterocycles. The maximum Gasteiger partial charge on any atom is 0.333 e. The molecule has 0 aliphatic carbocycles. The molecule has 0 saturated heterocycles. The fourth-order valence-electron chi connectivity index (χ4n) is 0.911. The summed E-state index contributed by atoms with van der Waals surface area (Å²) in [6.45, 7) is 1.57. The van der Waals surface area contributed by atoms with Crippen LogP contribution in [0.15, 0.2) is 12.1 Å². The molecule has 76 valence electrons. The zero-order chi connectivity index (χ0) is 10.7. The number of urea groups is 1. The Labute approximate surface area is 85.2 Å². The monoisotopic (exact) mass is 217 g/mol. The molecule has 1 aromatic rings. The Kier molecular flexibility index (Phi) is 3.27. The lowest BCUT2D eigenvalue weighted by atomic mass is 10.2. The molecule has 0 aliphatic rings. The number of nitrogens with two attached hydrogens (primary N) is 1. The lowest BCUT2D eigenvalue weighted by molar-refractivity contribution is 0.252. The third kappa shape index (κ3) is 2.34. The Morgan fingerprint density at radius 3 is 2.79 bits per heavy atom. The molecule has 0 saturated carbocycles. The van der Waals surface area contributed by atoms with Gasteiger partial charge < -0.3 is 5.32 Å². The fourth-order valence-corrected chi connectivity index (χ4v) is 1.11. The summed E-state index contributed by atoms with van der Waals surface area (Å²) < 4.78 is 12.9. The SMILES string of the molecule is Cc1cc(NC(=O)NN)c(Cl)cc1F. The topological polar surface area (TPSA) is 67.2 Å². The van der Waals surface area contributed by atoms with E-state index in [1.54, 1.807) is 6.92 Å². The molecule has 0 unspecified atom stereocenters. The van der Waals surface area contributed by atoms with Gasteiger partial charge in [0.1, 0.15) is 5.82 Å². The van der Waals surface area contributed by atoms with E-state index in [1.807, 2.05) is 5.43 Å². The molecule has 0 atom stereocenters. The Morgan fingerprint density at radius 2 is 2.21 bits per heavy atom. The van der Waals surface area contributed by atoms with Gasteiger partial charge in [0, 0.05) is 0 Å². The normalized spacial score (nSPS) is 9.71. The summed E-state index contributed by atoms with van der Waals surface area (Å²) in [5, 5.41) is 2.48. The van der Waals surface area contributed by atoms with Crippen molar-refractivity contribution < 1.29 is 9.18 Å². The molecular formula is C8H9ClFN3O. The van der Waals surface area contributed by atoms with Gasteiger partial charge in [-0.3, -0.25) is 5.43 Å². The van der Waals surface area contributed by atoms with Gasteiger partial charge in [0.05, 0.1) is 10.7 Å². The summed E-state index contributed by atoms with van der Waals surface area (Å²) in [5.74, 6) is 4.44. The highest BCUT2D eigenvalue weighted by molar-refractivity contribution is 6.33. The van der Waals surface area contributed by atoms with Crippen molar-refractivity contribution in [2.75, 3.05) is 5.32 Å². The van der Waals surface area contributed by atoms with E-state index in [-0.39, 0.29) is 5.02 Å². The summed E-state index contributed by atoms with van der Waals surface area (Å²) in [6, 6.07) is 1.94. The molecule has 0 aliphatic heterocycles. The third-order valence-corrected chi connectivity index (χ3v) is 1.94. The van der Waals surface area contributed by atoms with Crippen molar-refractivity contribution in [3.8, 4) is 0 Å². The number of benzene rings is 1. The molecule has 0 heterocycles. The molecule has 6 heteroatoms. The van der Waals surface area contributed by atoms with Crippen molar-refractivity contribution in [1.29, 1.82) is 0 Å². The molecule has 0 radical (unpaired) electrons. The van der Waals surface area contributed by atoms with Crippen LogP contribution in [0.1, 0.15) is 5.56 Å². The van der Waals surface area contributed by atoms with Crippen molar-refractivity contribution in [2.45, 2.75) is 6.92 Å². The Hall–Kier alpha value is -1.33. The quantitative estimate of drug-likeness (QED) is 0.381. The summed E-state index contributed by atoms with van der Waals surface area (Å²) in [7, 11) is 0. The van der Waals surface area contributed by atoms with Crippen LogP contribution < -0.4 is 16.6 Å². The van der Waals surface area contributed by atoms with Crippen molar-refractivity contribution in [3.05, 3.63) is 28.5 Å². The number of hydrogen-bond acceptors (Lipinski definition) is 2. The lowest BCUT2D eigenvalue weighted by Crippen LogP contribution is -2.34. The minimum absolute atomic E-state index is 0.122. The summed E-state index contributed by atoms with van der Waals surface area (Å²) >= 11 is 5.68. The van der Waals surface area contributed by atoms with Crippen LogP contribution in [0.3, 0.4) is 0 Å². The number of hydrazine groups is 1. The first-order chi connectivity index (χ1) is 6.54. The van der Waals surface area contributed by atoms with Crippen LogP contribution in [0.25, 0.3) is 0 Å². The molecule has 0 fully saturated rings. The van der Waals surface area contributed by atoms with Gasteiger partial charge in [0.15, 0.2) is 0 Å². The van der Waals surface area contributed by atoms with Crippen molar-refractivity contribution in [1.82, 2.24) is 5.43 Å². The van der Waals surface area contributed by atoms with Gasteiger partial charge in [-0.1, -0.05) is 11.6 Å². The van der Waals surface area contributed by atoms with Crippen molar-refractivity contribution in [3.63, 3.8) is 0 Å². The first-order valence-corrected chi connectivity index (χ1v) is 4.15. The molecule has 1 aromatic carbocycles. The molecule has 4 N–H and O–H groups in total. The van der Waals surface area contributed by atoms with E-state index in [1.165, 1.54) is 6.07 Å². The van der Waals surface area contributed by atoms with Gasteiger partial charge in [-0.05, 0) is 24.6 Å². The maximum absolute atomic E-state index is 12.9. The van der Waals surface area contributed by atoms with E-state index in [9.17, 15) is 9.18 Å². The fraction of sp³-hybridized carbons (Fsp3) is 0.125. The summed E-state index contributed by atoms with van der Waals surface area (Å²) in [5.41, 5.74) is 2.58. The molecule has 14 heavy (non-hydrogen) atoms. The van der Waals surface area contributed by atoms with Crippen LogP contribution in [-0.2, 0) is 0 Å². The van der Waals surface area contributed by atoms with Gasteiger partial charge in [-0.15, -0.1) is 0 Å². The van der Waals surface area contributed by atoms with Gasteiger partial charge in [-0.25, -0.2) is 15.0 Å². The second-order valence-electron chi connectivity index (χ2n) is 2.68. The highest BCUT2D eigenvalue weighted by Gasteiger charge is 2.07. The number of nitrogens with one attached hydrogen (secondary N) is 2. The smallest absolute Gasteiger partial charge is 0.305 e. The molecule has 4 nitrogen and oxygen atoms in total. The number of halogens is 2. The van der Waals surface area contributed by atoms with Crippen LogP contribution in [-0.4, -0.2) is 6.03 Å². The Bertz CT molecular complexity index is 370. The first kappa shape index (κ1) is 10.7. The number of rotatable bonds is 1. The second-order valence-corrected chi connectivity index (χ2v) is 3.09. The molecule has 2 amide bonds.